The van der Waals surface area contributed by atoms with Crippen molar-refractivity contribution in [1.82, 2.24) is 20.2 Å². The highest BCUT2D eigenvalue weighted by atomic mass is 32.2. The van der Waals surface area contributed by atoms with Crippen LogP contribution in [0.4, 0.5) is 0 Å². The Morgan fingerprint density at radius 1 is 0.943 bits per heavy atom. The minimum absolute atomic E-state index is 0.132. The van der Waals surface area contributed by atoms with Gasteiger partial charge in [-0.3, -0.25) is 4.79 Å². The fraction of sp³-hybridized carbons (Fsp3) is 0.333. The highest BCUT2D eigenvalue weighted by Crippen LogP contribution is 2.33. The number of carbonyl (C=O) groups is 1. The van der Waals surface area contributed by atoms with Crippen molar-refractivity contribution in [1.29, 1.82) is 0 Å². The third kappa shape index (κ3) is 6.04. The molecule has 2 aromatic carbocycles. The van der Waals surface area contributed by atoms with E-state index in [1.54, 1.807) is 47.5 Å². The first-order valence-electron chi connectivity index (χ1n) is 10.8. The predicted octanol–water partition coefficient (Wildman–Crippen LogP) is 3.63. The van der Waals surface area contributed by atoms with Gasteiger partial charge in [0.05, 0.1) is 39.9 Å². The minimum atomic E-state index is -0.256. The highest BCUT2D eigenvalue weighted by molar-refractivity contribution is 7.99. The number of nitrogens with zero attached hydrogens (tertiary/aromatic N) is 4. The van der Waals surface area contributed by atoms with E-state index in [2.05, 4.69) is 20.7 Å². The van der Waals surface area contributed by atoms with Crippen LogP contribution in [0.2, 0.25) is 0 Å². The molecule has 11 heteroatoms. The number of rotatable bonds is 11. The molecule has 0 fully saturated rings. The number of carbonyl (C=O) groups excluding carboxylic acids is 1. The van der Waals surface area contributed by atoms with Crippen LogP contribution in [0.5, 0.6) is 23.0 Å². The lowest BCUT2D eigenvalue weighted by Gasteiger charge is -2.11. The molecule has 0 saturated heterocycles. The number of nitrogens with one attached hydrogen (secondary N) is 1. The molecule has 0 aliphatic carbocycles. The van der Waals surface area contributed by atoms with Gasteiger partial charge in [0.15, 0.2) is 34.0 Å². The number of hydrazone groups is 1. The van der Waals surface area contributed by atoms with E-state index in [4.69, 9.17) is 18.9 Å². The van der Waals surface area contributed by atoms with Crippen LogP contribution in [0.1, 0.15) is 19.4 Å². The lowest BCUT2D eigenvalue weighted by atomic mass is 10.1. The van der Waals surface area contributed by atoms with Gasteiger partial charge in [0.25, 0.3) is 5.91 Å². The molecule has 10 nitrogen and oxygen atoms in total. The Labute approximate surface area is 208 Å². The Morgan fingerprint density at radius 2 is 1.57 bits per heavy atom. The molecule has 3 aromatic rings. The van der Waals surface area contributed by atoms with Gasteiger partial charge in [0.1, 0.15) is 0 Å². The van der Waals surface area contributed by atoms with Gasteiger partial charge in [-0.15, -0.1) is 10.2 Å². The highest BCUT2D eigenvalue weighted by Gasteiger charge is 2.16. The lowest BCUT2D eigenvalue weighted by Crippen LogP contribution is -2.21. The Bertz CT molecular complexity index is 1210. The monoisotopic (exact) mass is 499 g/mol. The molecule has 0 aliphatic heterocycles. The van der Waals surface area contributed by atoms with Crippen LogP contribution in [0.3, 0.4) is 0 Å². The zero-order valence-electron chi connectivity index (χ0n) is 20.6. The molecule has 1 N–H and O–H groups in total. The standard InChI is InChI=1S/C24H29N5O5S/c1-7-29-23(17-9-11-19(32-4)21(13-17)34-6)27-28-24(29)35-14-22(30)26-25-15(2)16-8-10-18(31-3)20(12-16)33-5/h8-13H,7,14H2,1-6H3,(H,26,30). The molecule has 3 rings (SSSR count). The Morgan fingerprint density at radius 3 is 2.20 bits per heavy atom. The molecule has 0 radical (unpaired) electrons. The van der Waals surface area contributed by atoms with Gasteiger partial charge >= 0.3 is 0 Å². The largest absolute Gasteiger partial charge is 0.493 e. The van der Waals surface area contributed by atoms with Crippen LogP contribution in [0, 0.1) is 0 Å². The summed E-state index contributed by atoms with van der Waals surface area (Å²) < 4.78 is 23.2. The van der Waals surface area contributed by atoms with E-state index in [1.807, 2.05) is 35.8 Å². The molecule has 1 amide bonds. The molecule has 0 saturated carbocycles. The topological polar surface area (TPSA) is 109 Å². The van der Waals surface area contributed by atoms with Crippen molar-refractivity contribution in [3.8, 4) is 34.4 Å². The van der Waals surface area contributed by atoms with Crippen LogP contribution in [-0.4, -0.2) is 60.6 Å². The predicted molar refractivity (Wildman–Crippen MR) is 135 cm³/mol. The Balaban J connectivity index is 1.67. The molecule has 0 unspecified atom stereocenters. The number of aromatic nitrogens is 3. The van der Waals surface area contributed by atoms with E-state index in [9.17, 15) is 4.79 Å². The normalized spacial score (nSPS) is 11.2. The average Bonchev–Trinajstić information content (AvgIpc) is 3.32. The van der Waals surface area contributed by atoms with Crippen molar-refractivity contribution in [3.63, 3.8) is 0 Å². The molecule has 0 bridgehead atoms. The number of hydrogen-bond donors (Lipinski definition) is 1. The summed E-state index contributed by atoms with van der Waals surface area (Å²) in [5.41, 5.74) is 4.87. The van der Waals surface area contributed by atoms with Gasteiger partial charge in [-0.25, -0.2) is 5.43 Å². The first-order valence-corrected chi connectivity index (χ1v) is 11.8. The van der Waals surface area contributed by atoms with Gasteiger partial charge in [-0.2, -0.15) is 5.10 Å². The molecule has 0 atom stereocenters. The summed E-state index contributed by atoms with van der Waals surface area (Å²) in [7, 11) is 6.32. The van der Waals surface area contributed by atoms with Crippen molar-refractivity contribution in [3.05, 3.63) is 42.0 Å². The maximum atomic E-state index is 12.4. The molecule has 1 heterocycles. The second-order valence-corrected chi connectivity index (χ2v) is 8.15. The smallest absolute Gasteiger partial charge is 0.250 e. The van der Waals surface area contributed by atoms with E-state index in [-0.39, 0.29) is 11.7 Å². The fourth-order valence-corrected chi connectivity index (χ4v) is 4.10. The summed E-state index contributed by atoms with van der Waals surface area (Å²) in [5.74, 6) is 3.00. The fourth-order valence-electron chi connectivity index (χ4n) is 3.30. The third-order valence-corrected chi connectivity index (χ3v) is 6.12. The van der Waals surface area contributed by atoms with Gasteiger partial charge in [-0.05, 0) is 50.2 Å². The quantitative estimate of drug-likeness (QED) is 0.242. The van der Waals surface area contributed by atoms with Crippen LogP contribution < -0.4 is 24.4 Å². The molecular formula is C24H29N5O5S. The van der Waals surface area contributed by atoms with Crippen LogP contribution in [0.25, 0.3) is 11.4 Å². The summed E-state index contributed by atoms with van der Waals surface area (Å²) >= 11 is 1.29. The van der Waals surface area contributed by atoms with Crippen LogP contribution in [-0.2, 0) is 11.3 Å². The van der Waals surface area contributed by atoms with Crippen molar-refractivity contribution in [2.45, 2.75) is 25.5 Å². The zero-order valence-corrected chi connectivity index (χ0v) is 21.4. The first-order chi connectivity index (χ1) is 16.9. The molecule has 186 valence electrons. The molecule has 0 aliphatic rings. The number of benzene rings is 2. The number of methoxy groups -OCH3 is 4. The summed E-state index contributed by atoms with van der Waals surface area (Å²) in [6.45, 7) is 4.43. The number of hydrogen-bond acceptors (Lipinski definition) is 9. The second kappa shape index (κ2) is 12.1. The second-order valence-electron chi connectivity index (χ2n) is 7.21. The van der Waals surface area contributed by atoms with Gasteiger partial charge in [0, 0.05) is 17.7 Å². The van der Waals surface area contributed by atoms with Crippen LogP contribution >= 0.6 is 11.8 Å². The van der Waals surface area contributed by atoms with E-state index in [0.717, 1.165) is 11.1 Å². The molecule has 0 spiro atoms. The summed E-state index contributed by atoms with van der Waals surface area (Å²) in [6, 6.07) is 11.0. The first kappa shape index (κ1) is 25.9. The summed E-state index contributed by atoms with van der Waals surface area (Å²) in [6.07, 6.45) is 0. The summed E-state index contributed by atoms with van der Waals surface area (Å²) in [4.78, 5) is 12.4. The van der Waals surface area contributed by atoms with Gasteiger partial charge < -0.3 is 23.5 Å². The van der Waals surface area contributed by atoms with Crippen molar-refractivity contribution in [2.75, 3.05) is 34.2 Å². The Kier molecular flexibility index (Phi) is 8.96. The van der Waals surface area contributed by atoms with Crippen molar-refractivity contribution in [2.24, 2.45) is 5.10 Å². The maximum Gasteiger partial charge on any atom is 0.250 e. The third-order valence-electron chi connectivity index (χ3n) is 5.16. The summed E-state index contributed by atoms with van der Waals surface area (Å²) in [5, 5.41) is 13.4. The number of amides is 1. The van der Waals surface area contributed by atoms with Gasteiger partial charge in [-0.1, -0.05) is 11.8 Å². The average molecular weight is 500 g/mol. The van der Waals surface area contributed by atoms with Crippen molar-refractivity contribution >= 4 is 23.4 Å². The van der Waals surface area contributed by atoms with Gasteiger partial charge in [0.2, 0.25) is 0 Å². The zero-order chi connectivity index (χ0) is 25.4. The molecule has 35 heavy (non-hydrogen) atoms. The Hall–Kier alpha value is -3.73. The minimum Gasteiger partial charge on any atom is -0.493 e. The van der Waals surface area contributed by atoms with E-state index in [1.165, 1.54) is 11.8 Å². The maximum absolute atomic E-state index is 12.4. The van der Waals surface area contributed by atoms with Crippen molar-refractivity contribution < 1.29 is 23.7 Å². The van der Waals surface area contributed by atoms with Crippen LogP contribution in [0.15, 0.2) is 46.7 Å². The number of ether oxygens (including phenoxy) is 4. The molecular weight excluding hydrogens is 470 g/mol. The van der Waals surface area contributed by atoms with E-state index >= 15 is 0 Å². The number of thioether (sulfide) groups is 1. The van der Waals surface area contributed by atoms with E-state index < -0.39 is 0 Å². The lowest BCUT2D eigenvalue weighted by molar-refractivity contribution is -0.118. The molecule has 1 aromatic heterocycles. The van der Waals surface area contributed by atoms with E-state index in [0.29, 0.717) is 46.2 Å². The SMILES string of the molecule is CCn1c(SCC(=O)NN=C(C)c2ccc(OC)c(OC)c2)nnc1-c1ccc(OC)c(OC)c1.